The van der Waals surface area contributed by atoms with Gasteiger partial charge in [0.1, 0.15) is 6.10 Å². The fourth-order valence-electron chi connectivity index (χ4n) is 3.29. The molecule has 2 aromatic carbocycles. The molecule has 0 aromatic heterocycles. The van der Waals surface area contributed by atoms with Crippen molar-refractivity contribution in [3.05, 3.63) is 69.7 Å². The van der Waals surface area contributed by atoms with Crippen LogP contribution in [0.2, 0.25) is 10.0 Å². The fourth-order valence-corrected chi connectivity index (χ4v) is 3.59. The van der Waals surface area contributed by atoms with Crippen molar-refractivity contribution in [1.29, 1.82) is 0 Å². The van der Waals surface area contributed by atoms with Gasteiger partial charge >= 0.3 is 0 Å². The summed E-state index contributed by atoms with van der Waals surface area (Å²) in [6, 6.07) is 15.9. The van der Waals surface area contributed by atoms with E-state index in [1.807, 2.05) is 36.4 Å². The molecular weight excluding hydrogens is 379 g/mol. The smallest absolute Gasteiger partial charge is 0.108 e. The van der Waals surface area contributed by atoms with Gasteiger partial charge in [-0.1, -0.05) is 65.5 Å². The summed E-state index contributed by atoms with van der Waals surface area (Å²) in [5, 5.41) is 1.10. The second kappa shape index (κ2) is 10.1. The third-order valence-electron chi connectivity index (χ3n) is 4.82. The molecule has 0 bridgehead atoms. The molecule has 5 heteroatoms. The van der Waals surface area contributed by atoms with Gasteiger partial charge in [0.2, 0.25) is 0 Å². The third kappa shape index (κ3) is 5.72. The number of rotatable bonds is 7. The van der Waals surface area contributed by atoms with Crippen LogP contribution in [0.5, 0.6) is 0 Å². The Labute approximate surface area is 171 Å². The second-order valence-electron chi connectivity index (χ2n) is 6.66. The van der Waals surface area contributed by atoms with Crippen molar-refractivity contribution in [1.82, 2.24) is 9.80 Å². The molecule has 1 unspecified atom stereocenters. The van der Waals surface area contributed by atoms with E-state index in [-0.39, 0.29) is 6.10 Å². The van der Waals surface area contributed by atoms with Crippen LogP contribution in [0.25, 0.3) is 0 Å². The van der Waals surface area contributed by atoms with Gasteiger partial charge in [0.25, 0.3) is 0 Å². The molecule has 1 saturated heterocycles. The number of hydrogen-bond donors (Lipinski definition) is 0. The predicted molar refractivity (Wildman–Crippen MR) is 112 cm³/mol. The standard InChI is InChI=1S/C22H24Cl2N2O/c1-2-10-25-11-13-26(14-12-25)15-16-27-22(18-6-4-3-5-7-18)19-8-9-20(23)21(24)17-19/h1,3-9,17,22H,10-16H2. The maximum Gasteiger partial charge on any atom is 0.108 e. The summed E-state index contributed by atoms with van der Waals surface area (Å²) in [4.78, 5) is 4.73. The Morgan fingerprint density at radius 2 is 1.63 bits per heavy atom. The average molecular weight is 403 g/mol. The summed E-state index contributed by atoms with van der Waals surface area (Å²) in [7, 11) is 0. The molecule has 0 radical (unpaired) electrons. The number of nitrogens with zero attached hydrogens (tertiary/aromatic N) is 2. The van der Waals surface area contributed by atoms with Crippen LogP contribution in [0.1, 0.15) is 17.2 Å². The Morgan fingerprint density at radius 3 is 2.30 bits per heavy atom. The zero-order valence-corrected chi connectivity index (χ0v) is 16.8. The van der Waals surface area contributed by atoms with Crippen LogP contribution in [0.3, 0.4) is 0 Å². The minimum absolute atomic E-state index is 0.163. The zero-order chi connectivity index (χ0) is 19.1. The van der Waals surface area contributed by atoms with E-state index in [1.165, 1.54) is 0 Å². The Bertz CT molecular complexity index is 768. The lowest BCUT2D eigenvalue weighted by Crippen LogP contribution is -2.47. The van der Waals surface area contributed by atoms with Crippen molar-refractivity contribution in [2.45, 2.75) is 6.10 Å². The number of hydrogen-bond acceptors (Lipinski definition) is 3. The first-order valence-corrected chi connectivity index (χ1v) is 9.92. The zero-order valence-electron chi connectivity index (χ0n) is 15.3. The van der Waals surface area contributed by atoms with Gasteiger partial charge in [0, 0.05) is 32.7 Å². The van der Waals surface area contributed by atoms with Crippen LogP contribution < -0.4 is 0 Å². The molecule has 1 aliphatic rings. The quantitative estimate of drug-likeness (QED) is 0.640. The van der Waals surface area contributed by atoms with Crippen molar-refractivity contribution >= 4 is 23.2 Å². The highest BCUT2D eigenvalue weighted by molar-refractivity contribution is 6.42. The Hall–Kier alpha value is -1.54. The number of piperazine rings is 1. The van der Waals surface area contributed by atoms with Gasteiger partial charge in [0.05, 0.1) is 23.2 Å². The molecule has 1 aliphatic heterocycles. The second-order valence-corrected chi connectivity index (χ2v) is 7.47. The van der Waals surface area contributed by atoms with Crippen molar-refractivity contribution in [2.75, 3.05) is 45.9 Å². The Balaban J connectivity index is 1.61. The van der Waals surface area contributed by atoms with Crippen molar-refractivity contribution in [3.8, 4) is 12.3 Å². The Morgan fingerprint density at radius 1 is 0.926 bits per heavy atom. The van der Waals surface area contributed by atoms with E-state index in [0.717, 1.165) is 50.4 Å². The summed E-state index contributed by atoms with van der Waals surface area (Å²) >= 11 is 12.3. The van der Waals surface area contributed by atoms with Gasteiger partial charge in [-0.25, -0.2) is 0 Å². The first-order valence-electron chi connectivity index (χ1n) is 9.17. The van der Waals surface area contributed by atoms with Crippen LogP contribution >= 0.6 is 23.2 Å². The molecule has 0 aliphatic carbocycles. The molecule has 3 rings (SSSR count). The molecule has 0 saturated carbocycles. The van der Waals surface area contributed by atoms with Crippen LogP contribution in [-0.2, 0) is 4.74 Å². The maximum atomic E-state index is 6.30. The Kier molecular flexibility index (Phi) is 7.58. The number of benzene rings is 2. The molecule has 142 valence electrons. The number of terminal acetylenes is 1. The number of ether oxygens (including phenoxy) is 1. The summed E-state index contributed by atoms with van der Waals surface area (Å²) in [6.45, 7) is 6.35. The van der Waals surface area contributed by atoms with Crippen molar-refractivity contribution in [3.63, 3.8) is 0 Å². The van der Waals surface area contributed by atoms with Crippen LogP contribution in [-0.4, -0.2) is 55.7 Å². The predicted octanol–water partition coefficient (Wildman–Crippen LogP) is 4.35. The largest absolute Gasteiger partial charge is 0.367 e. The van der Waals surface area contributed by atoms with Crippen LogP contribution in [0, 0.1) is 12.3 Å². The average Bonchev–Trinajstić information content (AvgIpc) is 2.70. The van der Waals surface area contributed by atoms with E-state index >= 15 is 0 Å². The lowest BCUT2D eigenvalue weighted by atomic mass is 10.0. The summed E-state index contributed by atoms with van der Waals surface area (Å²) in [5.74, 6) is 2.72. The van der Waals surface area contributed by atoms with Gasteiger partial charge in [-0.05, 0) is 23.3 Å². The summed E-state index contributed by atoms with van der Waals surface area (Å²) in [6.07, 6.45) is 5.23. The van der Waals surface area contributed by atoms with Gasteiger partial charge in [-0.15, -0.1) is 6.42 Å². The molecule has 0 amide bonds. The van der Waals surface area contributed by atoms with E-state index in [9.17, 15) is 0 Å². The molecular formula is C22H24Cl2N2O. The first kappa shape index (κ1) is 20.2. The van der Waals surface area contributed by atoms with Gasteiger partial charge < -0.3 is 4.74 Å². The normalized spacial score (nSPS) is 16.8. The first-order chi connectivity index (χ1) is 13.2. The van der Waals surface area contributed by atoms with Crippen LogP contribution in [0.4, 0.5) is 0 Å². The van der Waals surface area contributed by atoms with E-state index in [2.05, 4.69) is 27.9 Å². The van der Waals surface area contributed by atoms with E-state index < -0.39 is 0 Å². The van der Waals surface area contributed by atoms with Crippen LogP contribution in [0.15, 0.2) is 48.5 Å². The number of halogens is 2. The lowest BCUT2D eigenvalue weighted by molar-refractivity contribution is 0.0470. The molecule has 1 fully saturated rings. The van der Waals surface area contributed by atoms with Crippen molar-refractivity contribution in [2.24, 2.45) is 0 Å². The van der Waals surface area contributed by atoms with E-state index in [1.54, 1.807) is 0 Å². The SMILES string of the molecule is C#CCN1CCN(CCOC(c2ccccc2)c2ccc(Cl)c(Cl)c2)CC1. The summed E-state index contributed by atoms with van der Waals surface area (Å²) < 4.78 is 6.30. The minimum atomic E-state index is -0.163. The fraction of sp³-hybridized carbons (Fsp3) is 0.364. The molecule has 0 spiro atoms. The maximum absolute atomic E-state index is 6.30. The highest BCUT2D eigenvalue weighted by Gasteiger charge is 2.19. The van der Waals surface area contributed by atoms with Gasteiger partial charge in [-0.2, -0.15) is 0 Å². The highest BCUT2D eigenvalue weighted by Crippen LogP contribution is 2.31. The molecule has 0 N–H and O–H groups in total. The molecule has 1 atom stereocenters. The van der Waals surface area contributed by atoms with Gasteiger partial charge in [-0.3, -0.25) is 9.80 Å². The lowest BCUT2D eigenvalue weighted by Gasteiger charge is -2.33. The monoisotopic (exact) mass is 402 g/mol. The minimum Gasteiger partial charge on any atom is -0.367 e. The molecule has 27 heavy (non-hydrogen) atoms. The molecule has 3 nitrogen and oxygen atoms in total. The van der Waals surface area contributed by atoms with Crippen molar-refractivity contribution < 1.29 is 4.74 Å². The highest BCUT2D eigenvalue weighted by atomic mass is 35.5. The third-order valence-corrected chi connectivity index (χ3v) is 5.56. The molecule has 2 aromatic rings. The summed E-state index contributed by atoms with van der Waals surface area (Å²) in [5.41, 5.74) is 2.11. The van der Waals surface area contributed by atoms with Gasteiger partial charge in [0.15, 0.2) is 0 Å². The molecule has 1 heterocycles. The topological polar surface area (TPSA) is 15.7 Å². The van der Waals surface area contributed by atoms with E-state index in [4.69, 9.17) is 34.4 Å². The van der Waals surface area contributed by atoms with E-state index in [0.29, 0.717) is 16.7 Å².